The van der Waals surface area contributed by atoms with Gasteiger partial charge in [-0.3, -0.25) is 0 Å². The smallest absolute Gasteiger partial charge is 0.116 e. The van der Waals surface area contributed by atoms with Crippen LogP contribution in [0.5, 0.6) is 5.75 Å². The Morgan fingerprint density at radius 3 is 2.37 bits per heavy atom. The second-order valence-corrected chi connectivity index (χ2v) is 5.67. The summed E-state index contributed by atoms with van der Waals surface area (Å²) in [5, 5.41) is 9.46. The molecule has 4 heteroatoms. The molecule has 2 aromatic carbocycles. The first kappa shape index (κ1) is 14.0. The predicted octanol–water partition coefficient (Wildman–Crippen LogP) is 4.69. The van der Waals surface area contributed by atoms with Gasteiger partial charge in [0, 0.05) is 14.6 Å². The van der Waals surface area contributed by atoms with Crippen LogP contribution in [0.15, 0.2) is 51.4 Å². The minimum absolute atomic E-state index is 0.215. The maximum atomic E-state index is 9.46. The largest absolute Gasteiger partial charge is 0.508 e. The van der Waals surface area contributed by atoms with Crippen LogP contribution in [0.1, 0.15) is 0 Å². The molecule has 1 N–H and O–H groups in total. The molecule has 0 radical (unpaired) electrons. The van der Waals surface area contributed by atoms with Crippen molar-refractivity contribution in [3.63, 3.8) is 0 Å². The summed E-state index contributed by atoms with van der Waals surface area (Å²) in [5.74, 6) is 2.87. The zero-order valence-electron chi connectivity index (χ0n) is 9.98. The first-order valence-corrected chi connectivity index (χ1v) is 7.15. The van der Waals surface area contributed by atoms with E-state index < -0.39 is 0 Å². The highest BCUT2D eigenvalue weighted by molar-refractivity contribution is 9.10. The normalized spacial score (nSPS) is 9.95. The zero-order chi connectivity index (χ0) is 13.8. The first-order valence-electron chi connectivity index (χ1n) is 5.57. The average molecular weight is 381 g/mol. The quantitative estimate of drug-likeness (QED) is 0.781. The molecule has 0 aromatic heterocycles. The molecule has 96 valence electrons. The molecule has 2 nitrogen and oxygen atoms in total. The van der Waals surface area contributed by atoms with Crippen LogP contribution in [-0.2, 0) is 0 Å². The van der Waals surface area contributed by atoms with Crippen molar-refractivity contribution in [2.24, 2.45) is 0 Å². The molecular formula is C15H11Br2NO. The van der Waals surface area contributed by atoms with Gasteiger partial charge >= 0.3 is 0 Å². The van der Waals surface area contributed by atoms with Gasteiger partial charge in [0.2, 0.25) is 0 Å². The predicted molar refractivity (Wildman–Crippen MR) is 85.8 cm³/mol. The highest BCUT2D eigenvalue weighted by atomic mass is 79.9. The monoisotopic (exact) mass is 379 g/mol. The Morgan fingerprint density at radius 2 is 1.79 bits per heavy atom. The van der Waals surface area contributed by atoms with Crippen LogP contribution in [0.3, 0.4) is 0 Å². The molecule has 0 aliphatic carbocycles. The van der Waals surface area contributed by atoms with E-state index in [4.69, 9.17) is 6.42 Å². The van der Waals surface area contributed by atoms with E-state index in [0.29, 0.717) is 6.54 Å². The van der Waals surface area contributed by atoms with Gasteiger partial charge in [0.1, 0.15) is 5.75 Å². The van der Waals surface area contributed by atoms with Crippen molar-refractivity contribution in [3.8, 4) is 18.1 Å². The molecule has 2 rings (SSSR count). The molecule has 2 aromatic rings. The maximum Gasteiger partial charge on any atom is 0.116 e. The number of halogens is 2. The fourth-order valence-electron chi connectivity index (χ4n) is 1.74. The Labute approximate surface area is 129 Å². The van der Waals surface area contributed by atoms with Crippen molar-refractivity contribution in [1.29, 1.82) is 0 Å². The Morgan fingerprint density at radius 1 is 1.11 bits per heavy atom. The van der Waals surface area contributed by atoms with E-state index in [9.17, 15) is 5.11 Å². The van der Waals surface area contributed by atoms with Crippen LogP contribution < -0.4 is 4.90 Å². The molecule has 0 aliphatic heterocycles. The lowest BCUT2D eigenvalue weighted by molar-refractivity contribution is 0.475. The van der Waals surface area contributed by atoms with Crippen molar-refractivity contribution in [3.05, 3.63) is 51.4 Å². The van der Waals surface area contributed by atoms with Gasteiger partial charge in [0.15, 0.2) is 0 Å². The third kappa shape index (κ3) is 3.31. The average Bonchev–Trinajstić information content (AvgIpc) is 2.38. The van der Waals surface area contributed by atoms with Gasteiger partial charge in [-0.15, -0.1) is 6.42 Å². The minimum atomic E-state index is 0.215. The fraction of sp³-hybridized carbons (Fsp3) is 0.0667. The van der Waals surface area contributed by atoms with E-state index in [1.165, 1.54) is 0 Å². The van der Waals surface area contributed by atoms with Gasteiger partial charge in [-0.1, -0.05) is 21.9 Å². The molecule has 0 saturated carbocycles. The van der Waals surface area contributed by atoms with Gasteiger partial charge in [-0.25, -0.2) is 0 Å². The van der Waals surface area contributed by atoms with Crippen molar-refractivity contribution >= 4 is 43.2 Å². The summed E-state index contributed by atoms with van der Waals surface area (Å²) in [6.07, 6.45) is 5.45. The summed E-state index contributed by atoms with van der Waals surface area (Å²) in [6.45, 7) is 0.449. The summed E-state index contributed by atoms with van der Waals surface area (Å²) in [4.78, 5) is 2.00. The van der Waals surface area contributed by atoms with Crippen LogP contribution in [0, 0.1) is 12.3 Å². The number of hydrogen-bond donors (Lipinski definition) is 1. The number of benzene rings is 2. The van der Waals surface area contributed by atoms with Crippen LogP contribution in [0.4, 0.5) is 11.4 Å². The van der Waals surface area contributed by atoms with Gasteiger partial charge in [0.25, 0.3) is 0 Å². The molecule has 19 heavy (non-hydrogen) atoms. The first-order chi connectivity index (χ1) is 9.11. The van der Waals surface area contributed by atoms with Crippen molar-refractivity contribution in [2.45, 2.75) is 0 Å². The second kappa shape index (κ2) is 6.14. The van der Waals surface area contributed by atoms with E-state index in [1.54, 1.807) is 12.1 Å². The van der Waals surface area contributed by atoms with Crippen LogP contribution >= 0.6 is 31.9 Å². The van der Waals surface area contributed by atoms with Gasteiger partial charge in [-0.05, 0) is 58.4 Å². The Balaban J connectivity index is 2.45. The number of hydrogen-bond acceptors (Lipinski definition) is 2. The summed E-state index contributed by atoms with van der Waals surface area (Å²) >= 11 is 6.86. The number of rotatable bonds is 3. The molecule has 0 saturated heterocycles. The molecule has 0 atom stereocenters. The van der Waals surface area contributed by atoms with Gasteiger partial charge in [0.05, 0.1) is 12.2 Å². The van der Waals surface area contributed by atoms with E-state index in [-0.39, 0.29) is 5.75 Å². The van der Waals surface area contributed by atoms with E-state index in [2.05, 4.69) is 37.8 Å². The van der Waals surface area contributed by atoms with Crippen molar-refractivity contribution in [2.75, 3.05) is 11.4 Å². The number of aromatic hydroxyl groups is 1. The van der Waals surface area contributed by atoms with Crippen LogP contribution in [0.25, 0.3) is 0 Å². The third-order valence-electron chi connectivity index (χ3n) is 2.61. The number of phenolic OH excluding ortho intramolecular Hbond substituents is 1. The summed E-state index contributed by atoms with van der Waals surface area (Å²) in [7, 11) is 0. The van der Waals surface area contributed by atoms with Crippen molar-refractivity contribution < 1.29 is 5.11 Å². The van der Waals surface area contributed by atoms with Crippen LogP contribution in [0.2, 0.25) is 0 Å². The Hall–Kier alpha value is -1.44. The summed E-state index contributed by atoms with van der Waals surface area (Å²) < 4.78 is 1.81. The van der Waals surface area contributed by atoms with E-state index in [0.717, 1.165) is 20.3 Å². The van der Waals surface area contributed by atoms with Crippen molar-refractivity contribution in [1.82, 2.24) is 0 Å². The lowest BCUT2D eigenvalue weighted by Crippen LogP contribution is -2.17. The lowest BCUT2D eigenvalue weighted by atomic mass is 10.2. The summed E-state index contributed by atoms with van der Waals surface area (Å²) in [5.41, 5.74) is 1.91. The molecule has 0 amide bonds. The van der Waals surface area contributed by atoms with Gasteiger partial charge in [-0.2, -0.15) is 0 Å². The molecule has 0 aliphatic rings. The minimum Gasteiger partial charge on any atom is -0.508 e. The molecule has 0 bridgehead atoms. The SMILES string of the molecule is C#CCN(c1ccc(Br)cc1)c1ccc(O)cc1Br. The summed E-state index contributed by atoms with van der Waals surface area (Å²) in [6, 6.07) is 13.0. The van der Waals surface area contributed by atoms with Gasteiger partial charge < -0.3 is 10.0 Å². The molecule has 0 heterocycles. The standard InChI is InChI=1S/C15H11Br2NO/c1-2-9-18(12-5-3-11(16)4-6-12)15-8-7-13(19)10-14(15)17/h1,3-8,10,19H,9H2. The lowest BCUT2D eigenvalue weighted by Gasteiger charge is -2.24. The highest BCUT2D eigenvalue weighted by Crippen LogP contribution is 2.34. The highest BCUT2D eigenvalue weighted by Gasteiger charge is 2.12. The topological polar surface area (TPSA) is 23.5 Å². The van der Waals surface area contributed by atoms with E-state index >= 15 is 0 Å². The van der Waals surface area contributed by atoms with Crippen LogP contribution in [-0.4, -0.2) is 11.7 Å². The number of phenols is 1. The fourth-order valence-corrected chi connectivity index (χ4v) is 2.59. The molecule has 0 unspecified atom stereocenters. The molecule has 0 spiro atoms. The Bertz CT molecular complexity index is 617. The number of nitrogens with zero attached hydrogens (tertiary/aromatic N) is 1. The number of anilines is 2. The number of terminal acetylenes is 1. The molecule has 0 fully saturated rings. The zero-order valence-corrected chi connectivity index (χ0v) is 13.1. The van der Waals surface area contributed by atoms with E-state index in [1.807, 2.05) is 35.2 Å². The second-order valence-electron chi connectivity index (χ2n) is 3.90. The maximum absolute atomic E-state index is 9.46. The third-order valence-corrected chi connectivity index (χ3v) is 3.77. The Kier molecular flexibility index (Phi) is 4.52. The molecular weight excluding hydrogens is 370 g/mol.